The lowest BCUT2D eigenvalue weighted by atomic mass is 10.0. The van der Waals surface area contributed by atoms with Gasteiger partial charge in [-0.25, -0.2) is 13.4 Å². The van der Waals surface area contributed by atoms with Gasteiger partial charge in [0.15, 0.2) is 5.13 Å². The van der Waals surface area contributed by atoms with Gasteiger partial charge in [0, 0.05) is 44.4 Å². The number of hydrogen-bond donors (Lipinski definition) is 0. The van der Waals surface area contributed by atoms with Crippen LogP contribution in [0.4, 0.5) is 10.8 Å². The second-order valence-corrected chi connectivity index (χ2v) is 13.3. The van der Waals surface area contributed by atoms with E-state index in [4.69, 9.17) is 14.5 Å². The van der Waals surface area contributed by atoms with Crippen LogP contribution in [0.25, 0.3) is 10.2 Å². The fourth-order valence-electron chi connectivity index (χ4n) is 5.50. The van der Waals surface area contributed by atoms with Gasteiger partial charge < -0.3 is 9.47 Å². The van der Waals surface area contributed by atoms with E-state index in [0.29, 0.717) is 29.5 Å². The van der Waals surface area contributed by atoms with Gasteiger partial charge in [0.25, 0.3) is 15.9 Å². The van der Waals surface area contributed by atoms with E-state index in [1.54, 1.807) is 24.1 Å². The van der Waals surface area contributed by atoms with Crippen molar-refractivity contribution in [1.29, 1.82) is 0 Å². The predicted octanol–water partition coefficient (Wildman–Crippen LogP) is 5.24. The number of carbonyl (C=O) groups excluding carboxylic acids is 1. The van der Waals surface area contributed by atoms with Crippen LogP contribution >= 0.6 is 23.7 Å². The smallest absolute Gasteiger partial charge is 0.264 e. The number of nitrogens with zero attached hydrogens (tertiary/aromatic N) is 4. The van der Waals surface area contributed by atoms with Gasteiger partial charge in [-0.2, -0.15) is 0 Å². The molecular formula is C31H35ClN4O5S2. The molecule has 0 atom stereocenters. The van der Waals surface area contributed by atoms with E-state index in [9.17, 15) is 13.2 Å². The highest BCUT2D eigenvalue weighted by atomic mass is 35.5. The molecule has 4 aromatic rings. The lowest BCUT2D eigenvalue weighted by Gasteiger charge is -2.30. The summed E-state index contributed by atoms with van der Waals surface area (Å²) < 4.78 is 40.5. The average molecular weight is 643 g/mol. The SMILES string of the molecule is COc1ccc2sc(N(CCCN3CCOCC3)C(=O)c3ccc(S(=O)(=O)N4CCCc5ccccc54)cc3)nc2c1.Cl. The monoisotopic (exact) mass is 642 g/mol. The van der Waals surface area contributed by atoms with Gasteiger partial charge in [0.05, 0.1) is 41.1 Å². The fourth-order valence-corrected chi connectivity index (χ4v) is 8.01. The van der Waals surface area contributed by atoms with Crippen LogP contribution in [0.3, 0.4) is 0 Å². The van der Waals surface area contributed by atoms with Crippen LogP contribution in [0, 0.1) is 0 Å². The quantitative estimate of drug-likeness (QED) is 0.247. The Morgan fingerprint density at radius 1 is 1.05 bits per heavy atom. The molecule has 0 spiro atoms. The molecular weight excluding hydrogens is 608 g/mol. The number of sulfonamides is 1. The van der Waals surface area contributed by atoms with Crippen LogP contribution in [0.15, 0.2) is 71.6 Å². The predicted molar refractivity (Wildman–Crippen MR) is 173 cm³/mol. The van der Waals surface area contributed by atoms with Crippen molar-refractivity contribution in [2.24, 2.45) is 0 Å². The first-order valence-corrected chi connectivity index (χ1v) is 16.5. The molecule has 9 nitrogen and oxygen atoms in total. The molecule has 1 amide bonds. The minimum Gasteiger partial charge on any atom is -0.497 e. The normalized spacial score (nSPS) is 15.5. The molecule has 1 aromatic heterocycles. The molecule has 1 fully saturated rings. The van der Waals surface area contributed by atoms with Crippen molar-refractivity contribution in [3.63, 3.8) is 0 Å². The summed E-state index contributed by atoms with van der Waals surface area (Å²) in [6, 6.07) is 19.6. The largest absolute Gasteiger partial charge is 0.497 e. The number of fused-ring (bicyclic) bond motifs is 2. The molecule has 1 saturated heterocycles. The van der Waals surface area contributed by atoms with E-state index in [2.05, 4.69) is 4.90 Å². The van der Waals surface area contributed by atoms with E-state index >= 15 is 0 Å². The van der Waals surface area contributed by atoms with Crippen LogP contribution in [-0.2, 0) is 21.2 Å². The maximum Gasteiger partial charge on any atom is 0.264 e. The summed E-state index contributed by atoms with van der Waals surface area (Å²) in [5.74, 6) is 0.493. The molecule has 2 aliphatic rings. The maximum absolute atomic E-state index is 13.9. The lowest BCUT2D eigenvalue weighted by Crippen LogP contribution is -2.39. The van der Waals surface area contributed by atoms with Gasteiger partial charge >= 0.3 is 0 Å². The Morgan fingerprint density at radius 3 is 2.58 bits per heavy atom. The third-order valence-electron chi connectivity index (χ3n) is 7.78. The number of ether oxygens (including phenoxy) is 2. The lowest BCUT2D eigenvalue weighted by molar-refractivity contribution is 0.0376. The van der Waals surface area contributed by atoms with Gasteiger partial charge in [0.2, 0.25) is 0 Å². The number of hydrogen-bond acceptors (Lipinski definition) is 8. The number of aromatic nitrogens is 1. The number of para-hydroxylation sites is 1. The van der Waals surface area contributed by atoms with Crippen LogP contribution in [-0.4, -0.2) is 77.3 Å². The molecule has 3 aromatic carbocycles. The van der Waals surface area contributed by atoms with E-state index in [-0.39, 0.29) is 23.2 Å². The maximum atomic E-state index is 13.9. The zero-order chi connectivity index (χ0) is 29.1. The molecule has 2 aliphatic heterocycles. The van der Waals surface area contributed by atoms with Crippen molar-refractivity contribution >= 4 is 60.7 Å². The van der Waals surface area contributed by atoms with Gasteiger partial charge in [-0.1, -0.05) is 29.5 Å². The molecule has 0 N–H and O–H groups in total. The third kappa shape index (κ3) is 6.66. The summed E-state index contributed by atoms with van der Waals surface area (Å²) in [5.41, 5.74) is 2.93. The van der Waals surface area contributed by atoms with Crippen molar-refractivity contribution < 1.29 is 22.7 Å². The van der Waals surface area contributed by atoms with Crippen molar-refractivity contribution in [3.05, 3.63) is 77.9 Å². The minimum absolute atomic E-state index is 0. The van der Waals surface area contributed by atoms with Crippen LogP contribution in [0.1, 0.15) is 28.8 Å². The van der Waals surface area contributed by atoms with Crippen molar-refractivity contribution in [2.45, 2.75) is 24.2 Å². The first kappa shape index (κ1) is 31.2. The number of amides is 1. The Morgan fingerprint density at radius 2 is 1.81 bits per heavy atom. The van der Waals surface area contributed by atoms with E-state index < -0.39 is 10.0 Å². The van der Waals surface area contributed by atoms with Crippen LogP contribution < -0.4 is 13.9 Å². The Kier molecular flexibility index (Phi) is 9.88. The first-order chi connectivity index (χ1) is 20.4. The average Bonchev–Trinajstić information content (AvgIpc) is 3.46. The van der Waals surface area contributed by atoms with Gasteiger partial charge in [-0.3, -0.25) is 18.9 Å². The van der Waals surface area contributed by atoms with E-state index in [0.717, 1.165) is 73.6 Å². The number of carbonyl (C=O) groups is 1. The highest BCUT2D eigenvalue weighted by Gasteiger charge is 2.29. The summed E-state index contributed by atoms with van der Waals surface area (Å²) in [5, 5.41) is 0.604. The van der Waals surface area contributed by atoms with Gasteiger partial charge in [0.1, 0.15) is 5.75 Å². The third-order valence-corrected chi connectivity index (χ3v) is 10.7. The second-order valence-electron chi connectivity index (χ2n) is 10.4. The van der Waals surface area contributed by atoms with E-state index in [1.807, 2.05) is 42.5 Å². The zero-order valence-corrected chi connectivity index (χ0v) is 26.4. The minimum atomic E-state index is -3.77. The van der Waals surface area contributed by atoms with Gasteiger partial charge in [-0.05, 0) is 67.3 Å². The van der Waals surface area contributed by atoms with Crippen LogP contribution in [0.2, 0.25) is 0 Å². The number of rotatable bonds is 9. The van der Waals surface area contributed by atoms with Crippen LogP contribution in [0.5, 0.6) is 5.75 Å². The Balaban J connectivity index is 0.00000368. The molecule has 6 rings (SSSR count). The van der Waals surface area contributed by atoms with Crippen molar-refractivity contribution in [3.8, 4) is 5.75 Å². The topological polar surface area (TPSA) is 92.3 Å². The summed E-state index contributed by atoms with van der Waals surface area (Å²) in [4.78, 5) is 22.9. The number of benzene rings is 3. The summed E-state index contributed by atoms with van der Waals surface area (Å²) in [6.45, 7) is 4.97. The Labute approximate surface area is 262 Å². The number of morpholine rings is 1. The molecule has 0 radical (unpaired) electrons. The Bertz CT molecular complexity index is 1670. The molecule has 0 bridgehead atoms. The number of halogens is 1. The van der Waals surface area contributed by atoms with E-state index in [1.165, 1.54) is 27.8 Å². The summed E-state index contributed by atoms with van der Waals surface area (Å²) in [6.07, 6.45) is 2.39. The molecule has 228 valence electrons. The molecule has 43 heavy (non-hydrogen) atoms. The van der Waals surface area contributed by atoms with Crippen molar-refractivity contribution in [2.75, 3.05) is 62.3 Å². The Hall–Kier alpha value is -3.22. The fraction of sp³-hybridized carbons (Fsp3) is 0.355. The molecule has 12 heteroatoms. The molecule has 0 unspecified atom stereocenters. The van der Waals surface area contributed by atoms with Crippen molar-refractivity contribution in [1.82, 2.24) is 9.88 Å². The molecule has 3 heterocycles. The second kappa shape index (κ2) is 13.6. The number of aryl methyl sites for hydroxylation is 1. The molecule has 0 saturated carbocycles. The number of anilines is 2. The van der Waals surface area contributed by atoms with Gasteiger partial charge in [-0.15, -0.1) is 12.4 Å². The highest BCUT2D eigenvalue weighted by Crippen LogP contribution is 2.34. The molecule has 0 aliphatic carbocycles. The highest BCUT2D eigenvalue weighted by molar-refractivity contribution is 7.92. The zero-order valence-electron chi connectivity index (χ0n) is 24.0. The number of thiazole rings is 1. The summed E-state index contributed by atoms with van der Waals surface area (Å²) in [7, 11) is -2.16. The summed E-state index contributed by atoms with van der Waals surface area (Å²) >= 11 is 1.46. The first-order valence-electron chi connectivity index (χ1n) is 14.2. The standard InChI is InChI=1S/C31H34N4O5S2.ClH/c1-39-25-11-14-29-27(22-25)32-31(41-29)34(16-5-15-33-18-20-40-21-19-33)30(36)24-9-12-26(13-10-24)42(37,38)35-17-4-7-23-6-2-3-8-28(23)35;/h2-3,6,8-14,22H,4-5,7,15-21H2,1H3;1H. The number of methoxy groups -OCH3 is 1.